The Labute approximate surface area is 144 Å². The highest BCUT2D eigenvalue weighted by molar-refractivity contribution is 9.11. The van der Waals surface area contributed by atoms with Crippen LogP contribution in [0.5, 0.6) is 0 Å². The third kappa shape index (κ3) is 4.88. The first-order valence-corrected chi connectivity index (χ1v) is 8.70. The molecule has 2 heterocycles. The van der Waals surface area contributed by atoms with E-state index in [1.165, 1.54) is 7.11 Å². The molecule has 0 amide bonds. The van der Waals surface area contributed by atoms with Crippen molar-refractivity contribution in [1.82, 2.24) is 10.3 Å². The van der Waals surface area contributed by atoms with Crippen molar-refractivity contribution in [2.75, 3.05) is 7.11 Å². The van der Waals surface area contributed by atoms with Crippen LogP contribution in [0.4, 0.5) is 0 Å². The number of nitrogens with zero attached hydrogens (tertiary/aromatic N) is 1. The second kappa shape index (κ2) is 8.03. The van der Waals surface area contributed by atoms with E-state index in [9.17, 15) is 4.79 Å². The van der Waals surface area contributed by atoms with Crippen molar-refractivity contribution in [2.45, 2.75) is 19.0 Å². The third-order valence-electron chi connectivity index (χ3n) is 2.89. The first-order chi connectivity index (χ1) is 10.1. The summed E-state index contributed by atoms with van der Waals surface area (Å²) in [6.07, 6.45) is 2.05. The number of hydrogen-bond acceptors (Lipinski definition) is 5. The van der Waals surface area contributed by atoms with Gasteiger partial charge >= 0.3 is 5.97 Å². The predicted octanol–water partition coefficient (Wildman–Crippen LogP) is 4.06. The molecule has 0 aliphatic carbocycles. The molecular weight excluding hydrogens is 420 g/mol. The maximum atomic E-state index is 11.6. The second-order valence-corrected chi connectivity index (χ2v) is 7.06. The number of nitrogens with one attached hydrogen (secondary N) is 1. The van der Waals surface area contributed by atoms with Crippen LogP contribution in [-0.4, -0.2) is 18.1 Å². The Balaban J connectivity index is 2.06. The van der Waals surface area contributed by atoms with Gasteiger partial charge in [0.1, 0.15) is 0 Å². The summed E-state index contributed by atoms with van der Waals surface area (Å²) in [5.41, 5.74) is 0.893. The minimum atomic E-state index is -0.233. The van der Waals surface area contributed by atoms with Crippen molar-refractivity contribution in [1.29, 1.82) is 0 Å². The summed E-state index contributed by atoms with van der Waals surface area (Å²) in [7, 11) is 1.40. The Morgan fingerprint density at radius 2 is 2.33 bits per heavy atom. The van der Waals surface area contributed by atoms with Crippen LogP contribution in [0.3, 0.4) is 0 Å². The normalized spacial score (nSPS) is 12.1. The van der Waals surface area contributed by atoms with Crippen molar-refractivity contribution in [3.05, 3.63) is 49.3 Å². The number of halogens is 2. The van der Waals surface area contributed by atoms with Gasteiger partial charge in [0, 0.05) is 26.6 Å². The molecule has 0 fully saturated rings. The first kappa shape index (κ1) is 16.6. The number of carbonyl (C=O) groups excluding carboxylic acids is 1. The molecule has 0 aliphatic heterocycles. The summed E-state index contributed by atoms with van der Waals surface area (Å²) in [6.45, 7) is 0.563. The Morgan fingerprint density at radius 3 is 2.95 bits per heavy atom. The van der Waals surface area contributed by atoms with Gasteiger partial charge in [0.05, 0.1) is 25.3 Å². The molecule has 0 aromatic carbocycles. The number of rotatable bonds is 6. The molecular formula is C14H14Br2N2O2S. The molecule has 0 saturated heterocycles. The van der Waals surface area contributed by atoms with E-state index in [-0.39, 0.29) is 12.0 Å². The molecule has 0 aliphatic rings. The highest BCUT2D eigenvalue weighted by atomic mass is 79.9. The van der Waals surface area contributed by atoms with Crippen molar-refractivity contribution in [2.24, 2.45) is 0 Å². The van der Waals surface area contributed by atoms with E-state index in [0.29, 0.717) is 13.0 Å². The van der Waals surface area contributed by atoms with Gasteiger partial charge in [0.15, 0.2) is 0 Å². The zero-order valence-electron chi connectivity index (χ0n) is 11.3. The van der Waals surface area contributed by atoms with Gasteiger partial charge in [-0.15, -0.1) is 11.3 Å². The van der Waals surface area contributed by atoms with Crippen molar-refractivity contribution in [3.8, 4) is 0 Å². The van der Waals surface area contributed by atoms with Crippen LogP contribution < -0.4 is 5.32 Å². The molecule has 4 nitrogen and oxygen atoms in total. The topological polar surface area (TPSA) is 51.2 Å². The molecule has 2 aromatic rings. The van der Waals surface area contributed by atoms with E-state index >= 15 is 0 Å². The van der Waals surface area contributed by atoms with Gasteiger partial charge in [-0.25, -0.2) is 0 Å². The van der Waals surface area contributed by atoms with Crippen LogP contribution >= 0.6 is 43.2 Å². The van der Waals surface area contributed by atoms with Crippen molar-refractivity contribution in [3.63, 3.8) is 0 Å². The lowest BCUT2D eigenvalue weighted by Crippen LogP contribution is -2.24. The van der Waals surface area contributed by atoms with E-state index in [1.807, 2.05) is 23.6 Å². The fourth-order valence-corrected chi connectivity index (χ4v) is 3.74. The number of esters is 1. The quantitative estimate of drug-likeness (QED) is 0.697. The fourth-order valence-electron chi connectivity index (χ4n) is 1.81. The molecule has 1 N–H and O–H groups in total. The summed E-state index contributed by atoms with van der Waals surface area (Å²) < 4.78 is 6.61. The summed E-state index contributed by atoms with van der Waals surface area (Å²) in [5.74, 6) is -0.233. The minimum absolute atomic E-state index is 0.0743. The number of hydrogen-bond donors (Lipinski definition) is 1. The van der Waals surface area contributed by atoms with Gasteiger partial charge < -0.3 is 10.1 Å². The minimum Gasteiger partial charge on any atom is -0.469 e. The Bertz CT molecular complexity index is 605. The maximum Gasteiger partial charge on any atom is 0.307 e. The number of ether oxygens (including phenoxy) is 1. The van der Waals surface area contributed by atoms with Gasteiger partial charge in [-0.1, -0.05) is 6.07 Å². The van der Waals surface area contributed by atoms with E-state index in [0.717, 1.165) is 19.5 Å². The summed E-state index contributed by atoms with van der Waals surface area (Å²) in [6, 6.07) is 5.86. The van der Waals surface area contributed by atoms with Crippen LogP contribution in [0.25, 0.3) is 0 Å². The number of carbonyl (C=O) groups is 1. The van der Waals surface area contributed by atoms with E-state index < -0.39 is 0 Å². The molecule has 21 heavy (non-hydrogen) atoms. The van der Waals surface area contributed by atoms with Crippen LogP contribution in [0.1, 0.15) is 23.0 Å². The Morgan fingerprint density at radius 1 is 1.52 bits per heavy atom. The molecule has 2 rings (SSSR count). The first-order valence-electron chi connectivity index (χ1n) is 6.23. The lowest BCUT2D eigenvalue weighted by molar-refractivity contribution is -0.141. The highest BCUT2D eigenvalue weighted by Crippen LogP contribution is 2.24. The zero-order valence-corrected chi connectivity index (χ0v) is 15.3. The lowest BCUT2D eigenvalue weighted by Gasteiger charge is -2.16. The average molecular weight is 434 g/mol. The molecule has 0 bridgehead atoms. The standard InChI is InChI=1S/C14H14Br2N2O2S/c1-20-14(19)6-11(13-3-2-4-21-13)18-8-12-10(16)5-9(15)7-17-12/h2-5,7,11,18H,6,8H2,1H3. The van der Waals surface area contributed by atoms with Gasteiger partial charge in [-0.05, 0) is 49.4 Å². The van der Waals surface area contributed by atoms with Crippen LogP contribution in [0.2, 0.25) is 0 Å². The molecule has 0 spiro atoms. The summed E-state index contributed by atoms with van der Waals surface area (Å²) >= 11 is 8.48. The zero-order chi connectivity index (χ0) is 15.2. The fraction of sp³-hybridized carbons (Fsp3) is 0.286. The van der Waals surface area contributed by atoms with Crippen LogP contribution in [0, 0.1) is 0 Å². The maximum absolute atomic E-state index is 11.6. The largest absolute Gasteiger partial charge is 0.469 e. The average Bonchev–Trinajstić information content (AvgIpc) is 2.98. The van der Waals surface area contributed by atoms with E-state index in [2.05, 4.69) is 42.2 Å². The SMILES string of the molecule is COC(=O)CC(NCc1ncc(Br)cc1Br)c1cccs1. The predicted molar refractivity (Wildman–Crippen MR) is 90.2 cm³/mol. The van der Waals surface area contributed by atoms with E-state index in [4.69, 9.17) is 4.74 Å². The summed E-state index contributed by atoms with van der Waals surface area (Å²) in [5, 5.41) is 5.36. The number of aromatic nitrogens is 1. The van der Waals surface area contributed by atoms with Crippen LogP contribution in [0.15, 0.2) is 38.7 Å². The number of pyridine rings is 1. The number of methoxy groups -OCH3 is 1. The Hall–Kier alpha value is -0.760. The van der Waals surface area contributed by atoms with Gasteiger partial charge in [0.25, 0.3) is 0 Å². The van der Waals surface area contributed by atoms with Crippen LogP contribution in [-0.2, 0) is 16.1 Å². The molecule has 1 atom stereocenters. The number of thiophene rings is 1. The molecule has 0 radical (unpaired) electrons. The summed E-state index contributed by atoms with van der Waals surface area (Å²) in [4.78, 5) is 17.0. The van der Waals surface area contributed by atoms with Gasteiger partial charge in [-0.3, -0.25) is 9.78 Å². The van der Waals surface area contributed by atoms with Gasteiger partial charge in [0.2, 0.25) is 0 Å². The smallest absolute Gasteiger partial charge is 0.307 e. The monoisotopic (exact) mass is 432 g/mol. The second-order valence-electron chi connectivity index (χ2n) is 4.31. The molecule has 7 heteroatoms. The molecule has 1 unspecified atom stereocenters. The molecule has 2 aromatic heterocycles. The third-order valence-corrected chi connectivity index (χ3v) is 4.99. The lowest BCUT2D eigenvalue weighted by atomic mass is 10.1. The van der Waals surface area contributed by atoms with Crippen molar-refractivity contribution < 1.29 is 9.53 Å². The van der Waals surface area contributed by atoms with Crippen molar-refractivity contribution >= 4 is 49.2 Å². The van der Waals surface area contributed by atoms with E-state index in [1.54, 1.807) is 17.5 Å². The van der Waals surface area contributed by atoms with Gasteiger partial charge in [-0.2, -0.15) is 0 Å². The molecule has 112 valence electrons. The Kier molecular flexibility index (Phi) is 6.35. The molecule has 0 saturated carbocycles. The highest BCUT2D eigenvalue weighted by Gasteiger charge is 2.17.